The minimum Gasteiger partial charge on any atom is -0.378 e. The summed E-state index contributed by atoms with van der Waals surface area (Å²) in [5, 5.41) is 0. The van der Waals surface area contributed by atoms with E-state index in [1.165, 1.54) is 11.1 Å². The van der Waals surface area contributed by atoms with Crippen LogP contribution in [-0.2, 0) is 11.3 Å². The second-order valence-electron chi connectivity index (χ2n) is 3.03. The van der Waals surface area contributed by atoms with Gasteiger partial charge in [-0.15, -0.1) is 0 Å². The molecule has 0 bridgehead atoms. The molecule has 0 fully saturated rings. The summed E-state index contributed by atoms with van der Waals surface area (Å²) < 4.78 is 4.90. The summed E-state index contributed by atoms with van der Waals surface area (Å²) in [5.41, 5.74) is 0.991. The molecule has 5 heteroatoms. The molecule has 0 spiro atoms. The van der Waals surface area contributed by atoms with E-state index in [1.807, 2.05) is 0 Å². The Morgan fingerprint density at radius 2 is 2.21 bits per heavy atom. The molecule has 0 saturated heterocycles. The quantitative estimate of drug-likeness (QED) is 0.697. The third-order valence-corrected chi connectivity index (χ3v) is 1.60. The third kappa shape index (κ3) is 2.50. The zero-order chi connectivity index (χ0) is 10.6. The Balaban J connectivity index is 2.88. The van der Waals surface area contributed by atoms with Gasteiger partial charge in [0.25, 0.3) is 5.91 Å². The van der Waals surface area contributed by atoms with Gasteiger partial charge in [0.2, 0.25) is 0 Å². The Labute approximate surface area is 82.7 Å². The largest absolute Gasteiger partial charge is 0.378 e. The molecule has 1 heterocycles. The fraction of sp³-hybridized carbons (Fsp3) is 0.444. The van der Waals surface area contributed by atoms with Crippen molar-refractivity contribution in [1.82, 2.24) is 14.9 Å². The summed E-state index contributed by atoms with van der Waals surface area (Å²) >= 11 is 0. The minimum atomic E-state index is -0.157. The first kappa shape index (κ1) is 10.6. The molecule has 0 radical (unpaired) electrons. The highest BCUT2D eigenvalue weighted by Crippen LogP contribution is 2.00. The average Bonchev–Trinajstić information content (AvgIpc) is 2.17. The van der Waals surface area contributed by atoms with Gasteiger partial charge in [0.1, 0.15) is 5.69 Å². The molecule has 1 rings (SSSR count). The Kier molecular flexibility index (Phi) is 3.53. The molecule has 0 aliphatic rings. The molecule has 1 amide bonds. The van der Waals surface area contributed by atoms with Gasteiger partial charge in [0, 0.05) is 21.2 Å². The summed E-state index contributed by atoms with van der Waals surface area (Å²) in [7, 11) is 4.92. The molecule has 5 nitrogen and oxygen atoms in total. The van der Waals surface area contributed by atoms with Gasteiger partial charge in [-0.05, 0) is 0 Å². The molecule has 14 heavy (non-hydrogen) atoms. The molecule has 1 aromatic rings. The Bertz CT molecular complexity index is 326. The van der Waals surface area contributed by atoms with Crippen LogP contribution in [0.25, 0.3) is 0 Å². The van der Waals surface area contributed by atoms with Crippen LogP contribution in [0.4, 0.5) is 0 Å². The van der Waals surface area contributed by atoms with Crippen molar-refractivity contribution in [2.45, 2.75) is 6.61 Å². The Hall–Kier alpha value is -1.49. The van der Waals surface area contributed by atoms with Crippen LogP contribution in [-0.4, -0.2) is 42.0 Å². The lowest BCUT2D eigenvalue weighted by Gasteiger charge is -2.09. The molecule has 0 aliphatic heterocycles. The lowest BCUT2D eigenvalue weighted by molar-refractivity contribution is 0.0820. The third-order valence-electron chi connectivity index (χ3n) is 1.60. The molecule has 0 N–H and O–H groups in total. The van der Waals surface area contributed by atoms with Crippen LogP contribution in [0, 0.1) is 0 Å². The fourth-order valence-corrected chi connectivity index (χ4v) is 0.956. The molecule has 0 saturated carbocycles. The first-order chi connectivity index (χ1) is 6.65. The van der Waals surface area contributed by atoms with Crippen molar-refractivity contribution < 1.29 is 9.53 Å². The zero-order valence-electron chi connectivity index (χ0n) is 8.52. The van der Waals surface area contributed by atoms with E-state index in [-0.39, 0.29) is 5.91 Å². The van der Waals surface area contributed by atoms with E-state index in [9.17, 15) is 4.79 Å². The molecular weight excluding hydrogens is 182 g/mol. The SMILES string of the molecule is COCc1cncc(C(=O)N(C)C)n1. The van der Waals surface area contributed by atoms with Crippen molar-refractivity contribution in [3.8, 4) is 0 Å². The Morgan fingerprint density at radius 3 is 2.79 bits per heavy atom. The minimum absolute atomic E-state index is 0.157. The second-order valence-corrected chi connectivity index (χ2v) is 3.03. The number of methoxy groups -OCH3 is 1. The van der Waals surface area contributed by atoms with Crippen LogP contribution in [0.3, 0.4) is 0 Å². The topological polar surface area (TPSA) is 55.3 Å². The number of amides is 1. The molecule has 76 valence electrons. The number of aromatic nitrogens is 2. The van der Waals surface area contributed by atoms with E-state index in [2.05, 4.69) is 9.97 Å². The van der Waals surface area contributed by atoms with Crippen LogP contribution in [0.1, 0.15) is 16.2 Å². The van der Waals surface area contributed by atoms with E-state index in [0.717, 1.165) is 0 Å². The molecular formula is C9H13N3O2. The number of carbonyl (C=O) groups excluding carboxylic acids is 1. The van der Waals surface area contributed by atoms with Gasteiger partial charge in [-0.3, -0.25) is 9.78 Å². The normalized spacial score (nSPS) is 9.93. The monoisotopic (exact) mass is 195 g/mol. The van der Waals surface area contributed by atoms with Crippen molar-refractivity contribution in [3.05, 3.63) is 23.8 Å². The van der Waals surface area contributed by atoms with Crippen LogP contribution in [0.15, 0.2) is 12.4 Å². The molecule has 1 aromatic heterocycles. The standard InChI is InChI=1S/C9H13N3O2/c1-12(2)9(13)8-5-10-4-7(11-8)6-14-3/h4-5H,6H2,1-3H3. The van der Waals surface area contributed by atoms with Gasteiger partial charge in [-0.25, -0.2) is 4.98 Å². The molecule has 0 atom stereocenters. The van der Waals surface area contributed by atoms with Gasteiger partial charge in [0.05, 0.1) is 24.7 Å². The van der Waals surface area contributed by atoms with E-state index in [1.54, 1.807) is 27.4 Å². The van der Waals surface area contributed by atoms with E-state index in [4.69, 9.17) is 4.74 Å². The second kappa shape index (κ2) is 4.66. The van der Waals surface area contributed by atoms with E-state index in [0.29, 0.717) is 18.0 Å². The number of rotatable bonds is 3. The summed E-state index contributed by atoms with van der Waals surface area (Å²) in [6, 6.07) is 0. The van der Waals surface area contributed by atoms with Crippen LogP contribution in [0.5, 0.6) is 0 Å². The van der Waals surface area contributed by atoms with Crippen molar-refractivity contribution in [3.63, 3.8) is 0 Å². The maximum absolute atomic E-state index is 11.5. The summed E-state index contributed by atoms with van der Waals surface area (Å²) in [6.07, 6.45) is 3.03. The van der Waals surface area contributed by atoms with Gasteiger partial charge in [-0.1, -0.05) is 0 Å². The van der Waals surface area contributed by atoms with Crippen molar-refractivity contribution in [2.24, 2.45) is 0 Å². The molecule has 0 unspecified atom stereocenters. The molecule has 0 aliphatic carbocycles. The van der Waals surface area contributed by atoms with Crippen LogP contribution >= 0.6 is 0 Å². The maximum atomic E-state index is 11.5. The van der Waals surface area contributed by atoms with Crippen LogP contribution in [0.2, 0.25) is 0 Å². The van der Waals surface area contributed by atoms with E-state index < -0.39 is 0 Å². The zero-order valence-corrected chi connectivity index (χ0v) is 8.52. The predicted octanol–water partition coefficient (Wildman–Crippen LogP) is 0.325. The van der Waals surface area contributed by atoms with Gasteiger partial charge < -0.3 is 9.64 Å². The van der Waals surface area contributed by atoms with Crippen molar-refractivity contribution in [2.75, 3.05) is 21.2 Å². The first-order valence-electron chi connectivity index (χ1n) is 4.16. The van der Waals surface area contributed by atoms with Crippen molar-refractivity contribution >= 4 is 5.91 Å². The van der Waals surface area contributed by atoms with Crippen molar-refractivity contribution in [1.29, 1.82) is 0 Å². The molecule has 0 aromatic carbocycles. The number of carbonyl (C=O) groups is 1. The summed E-state index contributed by atoms with van der Waals surface area (Å²) in [5.74, 6) is -0.157. The fourth-order valence-electron chi connectivity index (χ4n) is 0.956. The highest BCUT2D eigenvalue weighted by Gasteiger charge is 2.10. The summed E-state index contributed by atoms with van der Waals surface area (Å²) in [6.45, 7) is 0.363. The van der Waals surface area contributed by atoms with Gasteiger partial charge in [-0.2, -0.15) is 0 Å². The van der Waals surface area contributed by atoms with E-state index >= 15 is 0 Å². The van der Waals surface area contributed by atoms with Crippen LogP contribution < -0.4 is 0 Å². The number of nitrogens with zero attached hydrogens (tertiary/aromatic N) is 3. The predicted molar refractivity (Wildman–Crippen MR) is 50.8 cm³/mol. The highest BCUT2D eigenvalue weighted by atomic mass is 16.5. The smallest absolute Gasteiger partial charge is 0.273 e. The average molecular weight is 195 g/mol. The van der Waals surface area contributed by atoms with Gasteiger partial charge >= 0.3 is 0 Å². The lowest BCUT2D eigenvalue weighted by atomic mass is 10.3. The first-order valence-corrected chi connectivity index (χ1v) is 4.16. The summed E-state index contributed by atoms with van der Waals surface area (Å²) in [4.78, 5) is 21.0. The Morgan fingerprint density at radius 1 is 1.50 bits per heavy atom. The lowest BCUT2D eigenvalue weighted by Crippen LogP contribution is -2.23. The number of hydrogen-bond acceptors (Lipinski definition) is 4. The number of ether oxygens (including phenoxy) is 1. The maximum Gasteiger partial charge on any atom is 0.273 e. The number of hydrogen-bond donors (Lipinski definition) is 0. The van der Waals surface area contributed by atoms with Gasteiger partial charge in [0.15, 0.2) is 0 Å². The highest BCUT2D eigenvalue weighted by molar-refractivity contribution is 5.91.